The number of fused-ring (bicyclic) bond motifs is 5. The van der Waals surface area contributed by atoms with Gasteiger partial charge in [-0.1, -0.05) is 296 Å². The molecule has 3 aliphatic rings. The summed E-state index contributed by atoms with van der Waals surface area (Å²) in [5, 5.41) is 10.4. The third-order valence-electron chi connectivity index (χ3n) is 19.0. The van der Waals surface area contributed by atoms with Crippen molar-refractivity contribution in [3.63, 3.8) is 0 Å². The topological polar surface area (TPSA) is 0 Å². The van der Waals surface area contributed by atoms with Crippen molar-refractivity contribution in [2.24, 2.45) is 11.8 Å². The van der Waals surface area contributed by atoms with Gasteiger partial charge in [0, 0.05) is 11.8 Å². The summed E-state index contributed by atoms with van der Waals surface area (Å²) in [6.07, 6.45) is 16.6. The van der Waals surface area contributed by atoms with Gasteiger partial charge in [0.05, 0.1) is 0 Å². The molecule has 0 aliphatic heterocycles. The van der Waals surface area contributed by atoms with E-state index in [1.165, 1.54) is 154 Å². The smallest absolute Gasteiger partial charge is 0.0137 e. The van der Waals surface area contributed by atoms with Crippen LogP contribution in [0, 0.1) is 11.8 Å². The van der Waals surface area contributed by atoms with Crippen molar-refractivity contribution >= 4 is 44.8 Å². The van der Waals surface area contributed by atoms with E-state index in [-0.39, 0.29) is 22.7 Å². The highest BCUT2D eigenvalue weighted by atomic mass is 14.4. The minimum absolute atomic E-state index is 0.0192. The molecule has 0 heteroatoms. The van der Waals surface area contributed by atoms with Crippen molar-refractivity contribution in [2.45, 2.75) is 65.2 Å². The molecule has 0 bridgehead atoms. The molecule has 0 saturated carbocycles. The second-order valence-electron chi connectivity index (χ2n) is 26.5. The summed E-state index contributed by atoms with van der Waals surface area (Å²) in [6, 6.07) is 96.2. The molecule has 2 unspecified atom stereocenters. The molecule has 424 valence electrons. The van der Waals surface area contributed by atoms with Gasteiger partial charge < -0.3 is 0 Å². The zero-order valence-electron chi connectivity index (χ0n) is 51.3. The minimum Gasteiger partial charge on any atom is -0.0760 e. The van der Waals surface area contributed by atoms with E-state index < -0.39 is 0 Å². The molecule has 0 saturated heterocycles. The van der Waals surface area contributed by atoms with Crippen LogP contribution in [0.4, 0.5) is 0 Å². The number of benzene rings is 12. The Balaban J connectivity index is 0.921. The van der Waals surface area contributed by atoms with Crippen molar-refractivity contribution in [3.8, 4) is 77.9 Å². The molecule has 12 aromatic carbocycles. The lowest BCUT2D eigenvalue weighted by molar-refractivity contribution is 0.591. The first-order valence-corrected chi connectivity index (χ1v) is 31.6. The lowest BCUT2D eigenvalue weighted by Crippen LogP contribution is -2.40. The molecule has 0 heterocycles. The molecule has 88 heavy (non-hydrogen) atoms. The van der Waals surface area contributed by atoms with Crippen LogP contribution in [0.25, 0.3) is 123 Å². The molecule has 0 N–H and O–H groups in total. The van der Waals surface area contributed by atoms with E-state index in [2.05, 4.69) is 333 Å². The van der Waals surface area contributed by atoms with Gasteiger partial charge >= 0.3 is 0 Å². The number of rotatable bonds is 9. The fourth-order valence-electron chi connectivity index (χ4n) is 14.9. The lowest BCUT2D eigenvalue weighted by atomic mass is 9.68. The second-order valence-corrected chi connectivity index (χ2v) is 26.5. The predicted octanol–water partition coefficient (Wildman–Crippen LogP) is 20.4. The van der Waals surface area contributed by atoms with E-state index in [0.29, 0.717) is 0 Å². The van der Waals surface area contributed by atoms with Gasteiger partial charge in [-0.3, -0.25) is 0 Å². The molecule has 2 atom stereocenters. The normalized spacial score (nSPS) is 15.3. The van der Waals surface area contributed by atoms with E-state index in [1.807, 2.05) is 0 Å². The van der Waals surface area contributed by atoms with Gasteiger partial charge in [0.1, 0.15) is 0 Å². The quantitative estimate of drug-likeness (QED) is 0.135. The first-order chi connectivity index (χ1) is 42.9. The third-order valence-corrected chi connectivity index (χ3v) is 19.0. The summed E-state index contributed by atoms with van der Waals surface area (Å²) >= 11 is 0. The van der Waals surface area contributed by atoms with E-state index >= 15 is 0 Å². The molecule has 0 nitrogen and oxygen atoms in total. The zero-order chi connectivity index (χ0) is 59.7. The lowest BCUT2D eigenvalue weighted by Gasteiger charge is -2.35. The molecular formula is C88H72. The SMILES string of the molecule is CC(C)(C)c1ccccc1-c1c2c(c(-c3cc(-c4cccc(-c5ccc(C6=c7cc8ccccc8cc7=C(c7ccc(-c8ccccc8)cc7-c7ccccc7)C7C=CC=CC67)c(-c6ccccc6)c5)c4)ccc3C(C)(C)C)c3ccccc13)=CCCC=2. The zero-order valence-corrected chi connectivity index (χ0v) is 51.3. The molecule has 12 aromatic rings. The maximum Gasteiger partial charge on any atom is 0.0137 e. The van der Waals surface area contributed by atoms with Crippen LogP contribution in [0.2, 0.25) is 0 Å². The van der Waals surface area contributed by atoms with E-state index in [9.17, 15) is 0 Å². The van der Waals surface area contributed by atoms with Crippen LogP contribution < -0.4 is 20.9 Å². The van der Waals surface area contributed by atoms with Gasteiger partial charge in [0.15, 0.2) is 0 Å². The first kappa shape index (κ1) is 54.8. The predicted molar refractivity (Wildman–Crippen MR) is 377 cm³/mol. The van der Waals surface area contributed by atoms with Crippen LogP contribution in [-0.4, -0.2) is 0 Å². The van der Waals surface area contributed by atoms with E-state index in [1.54, 1.807) is 0 Å². The molecule has 0 amide bonds. The van der Waals surface area contributed by atoms with Crippen LogP contribution >= 0.6 is 0 Å². The van der Waals surface area contributed by atoms with Gasteiger partial charge in [-0.2, -0.15) is 0 Å². The molecule has 0 spiro atoms. The molecule has 3 aliphatic carbocycles. The molecular weight excluding hydrogens is 1060 g/mol. The van der Waals surface area contributed by atoms with Gasteiger partial charge in [-0.25, -0.2) is 0 Å². The molecule has 0 radical (unpaired) electrons. The summed E-state index contributed by atoms with van der Waals surface area (Å²) < 4.78 is 0. The standard InChI is InChI=1S/C88H72/c1-87(2,3)81-44-25-24-43-75(81)83-67-37-18-22-41-71(67)86(72-42-23-19-38-68(72)83)80-56-66(47-50-82(80)88(4,5)6)61-36-26-35-60(51-61)65-46-49-74(77(53-65)59-31-14-9-15-32-59)85-70-40-21-20-39-69(70)84(78-54-62-33-16-17-34-63(62)55-79(78)85)73-48-45-64(57-27-10-7-11-28-57)52-76(73)58-29-12-8-13-30-58/h7-18,20-22,24-56,69-70H,19,23H2,1-6H3. The van der Waals surface area contributed by atoms with Crippen molar-refractivity contribution in [3.05, 3.63) is 322 Å². The van der Waals surface area contributed by atoms with Crippen molar-refractivity contribution in [1.82, 2.24) is 0 Å². The summed E-state index contributed by atoms with van der Waals surface area (Å²) in [7, 11) is 0. The maximum absolute atomic E-state index is 2.53. The summed E-state index contributed by atoms with van der Waals surface area (Å²) in [5.74, 6) is 0.151. The van der Waals surface area contributed by atoms with Crippen molar-refractivity contribution in [2.75, 3.05) is 0 Å². The Kier molecular flexibility index (Phi) is 13.8. The van der Waals surface area contributed by atoms with E-state index in [0.717, 1.165) is 12.8 Å². The van der Waals surface area contributed by atoms with Crippen LogP contribution in [0.15, 0.2) is 279 Å². The van der Waals surface area contributed by atoms with Crippen LogP contribution in [0.1, 0.15) is 76.6 Å². The van der Waals surface area contributed by atoms with Gasteiger partial charge in [0.2, 0.25) is 0 Å². The Morgan fingerprint density at radius 1 is 0.284 bits per heavy atom. The molecule has 0 aromatic heterocycles. The summed E-state index contributed by atoms with van der Waals surface area (Å²) in [4.78, 5) is 0. The number of hydrogen-bond acceptors (Lipinski definition) is 0. The van der Waals surface area contributed by atoms with Crippen molar-refractivity contribution in [1.29, 1.82) is 0 Å². The van der Waals surface area contributed by atoms with Gasteiger partial charge in [-0.05, 0) is 214 Å². The highest BCUT2D eigenvalue weighted by Gasteiger charge is 2.35. The Bertz CT molecular complexity index is 5080. The van der Waals surface area contributed by atoms with E-state index in [4.69, 9.17) is 0 Å². The second kappa shape index (κ2) is 22.1. The number of hydrogen-bond donors (Lipinski definition) is 0. The third kappa shape index (κ3) is 9.73. The fraction of sp³-hybridized carbons (Fsp3) is 0.136. The van der Waals surface area contributed by atoms with Crippen molar-refractivity contribution < 1.29 is 0 Å². The molecule has 0 fully saturated rings. The highest BCUT2D eigenvalue weighted by molar-refractivity contribution is 6.07. The fourth-order valence-corrected chi connectivity index (χ4v) is 14.9. The first-order valence-electron chi connectivity index (χ1n) is 31.6. The highest BCUT2D eigenvalue weighted by Crippen LogP contribution is 2.47. The molecule has 15 rings (SSSR count). The van der Waals surface area contributed by atoms with Crippen LogP contribution in [0.3, 0.4) is 0 Å². The van der Waals surface area contributed by atoms with Crippen LogP contribution in [-0.2, 0) is 10.8 Å². The monoisotopic (exact) mass is 1130 g/mol. The summed E-state index contributed by atoms with van der Waals surface area (Å²) in [6.45, 7) is 14.1. The van der Waals surface area contributed by atoms with Gasteiger partial charge in [-0.15, -0.1) is 0 Å². The Morgan fingerprint density at radius 3 is 1.18 bits per heavy atom. The Labute approximate surface area is 518 Å². The average Bonchev–Trinajstić information content (AvgIpc) is 0.754. The Hall–Kier alpha value is -9.88. The minimum atomic E-state index is -0.109. The average molecular weight is 1130 g/mol. The van der Waals surface area contributed by atoms with Gasteiger partial charge in [0.25, 0.3) is 0 Å². The Morgan fingerprint density at radius 2 is 0.670 bits per heavy atom. The maximum atomic E-state index is 2.53. The largest absolute Gasteiger partial charge is 0.0760 e. The number of allylic oxidation sites excluding steroid dienone is 4. The van der Waals surface area contributed by atoms with Crippen LogP contribution in [0.5, 0.6) is 0 Å². The summed E-state index contributed by atoms with van der Waals surface area (Å²) in [5.41, 5.74) is 25.3.